The topological polar surface area (TPSA) is 115 Å². The number of carbonyl (C=O) groups excluding carboxylic acids is 1. The molecule has 0 spiro atoms. The lowest BCUT2D eigenvalue weighted by molar-refractivity contribution is -0.126. The van der Waals surface area contributed by atoms with Crippen LogP contribution in [0.25, 0.3) is 28.0 Å². The van der Waals surface area contributed by atoms with Gasteiger partial charge in [-0.15, -0.1) is 0 Å². The third-order valence-electron chi connectivity index (χ3n) is 7.67. The van der Waals surface area contributed by atoms with Crippen LogP contribution in [0.4, 0.5) is 18.9 Å². The lowest BCUT2D eigenvalue weighted by atomic mass is 10.0. The van der Waals surface area contributed by atoms with Gasteiger partial charge < -0.3 is 14.9 Å². The molecule has 9 nitrogen and oxygen atoms in total. The number of aromatic hydroxyl groups is 1. The number of halogens is 5. The molecule has 5 rings (SSSR count). The van der Waals surface area contributed by atoms with E-state index in [9.17, 15) is 28.7 Å². The Morgan fingerprint density at radius 2 is 1.80 bits per heavy atom. The molecule has 3 aromatic heterocycles. The third kappa shape index (κ3) is 5.15. The molecule has 1 aliphatic rings. The minimum absolute atomic E-state index is 0.129. The van der Waals surface area contributed by atoms with Crippen LogP contribution in [0.5, 0.6) is 5.75 Å². The number of fused-ring (bicyclic) bond motifs is 1. The summed E-state index contributed by atoms with van der Waals surface area (Å²) in [7, 11) is 0. The summed E-state index contributed by atoms with van der Waals surface area (Å²) in [5, 5.41) is 19.5. The fourth-order valence-corrected chi connectivity index (χ4v) is 5.90. The number of phenolic OH excluding ortho intramolecular Hbond substituents is 1. The average molecular weight is 657 g/mol. The smallest absolute Gasteiger partial charge is 0.276 e. The first-order valence-electron chi connectivity index (χ1n) is 13.7. The molecule has 4 heterocycles. The molecule has 0 saturated carbocycles. The Balaban J connectivity index is 1.93. The van der Waals surface area contributed by atoms with Crippen LogP contribution in [0.15, 0.2) is 35.8 Å². The number of pyridine rings is 3. The van der Waals surface area contributed by atoms with Gasteiger partial charge >= 0.3 is 0 Å². The zero-order valence-electron chi connectivity index (χ0n) is 24.3. The van der Waals surface area contributed by atoms with E-state index < -0.39 is 45.0 Å². The van der Waals surface area contributed by atoms with Crippen molar-refractivity contribution in [2.24, 2.45) is 0 Å². The molecule has 1 amide bonds. The van der Waals surface area contributed by atoms with Gasteiger partial charge in [-0.05, 0) is 36.6 Å². The lowest BCUT2D eigenvalue weighted by Crippen LogP contribution is -2.49. The number of rotatable bonds is 5. The van der Waals surface area contributed by atoms with E-state index in [1.165, 1.54) is 12.1 Å². The number of anilines is 1. The van der Waals surface area contributed by atoms with Crippen molar-refractivity contribution in [1.82, 2.24) is 19.4 Å². The molecule has 1 fully saturated rings. The molecule has 0 bridgehead atoms. The number of hydrogen-bond acceptors (Lipinski definition) is 7. The van der Waals surface area contributed by atoms with Gasteiger partial charge in [0.1, 0.15) is 22.3 Å². The van der Waals surface area contributed by atoms with E-state index in [1.54, 1.807) is 29.0 Å². The fourth-order valence-electron chi connectivity index (χ4n) is 5.48. The van der Waals surface area contributed by atoms with Crippen molar-refractivity contribution < 1.29 is 23.1 Å². The molecular weight excluding hydrogens is 632 g/mol. The second-order valence-corrected chi connectivity index (χ2v) is 11.5. The summed E-state index contributed by atoms with van der Waals surface area (Å²) in [6.45, 7) is 9.92. The van der Waals surface area contributed by atoms with Gasteiger partial charge in [-0.1, -0.05) is 43.6 Å². The molecular formula is C31H25Cl2F3N6O3. The quantitative estimate of drug-likeness (QED) is 0.159. The van der Waals surface area contributed by atoms with Crippen LogP contribution in [0.3, 0.4) is 0 Å². The first-order chi connectivity index (χ1) is 21.3. The number of benzene rings is 1. The molecule has 0 atom stereocenters. The Morgan fingerprint density at radius 1 is 1.13 bits per heavy atom. The van der Waals surface area contributed by atoms with Crippen LogP contribution >= 0.6 is 23.2 Å². The van der Waals surface area contributed by atoms with E-state index in [-0.39, 0.29) is 65.3 Å². The Labute approximate surface area is 265 Å². The highest BCUT2D eigenvalue weighted by atomic mass is 35.5. The Hall–Kier alpha value is -4.60. The monoisotopic (exact) mass is 656 g/mol. The summed E-state index contributed by atoms with van der Waals surface area (Å²) >= 11 is 12.3. The van der Waals surface area contributed by atoms with Crippen molar-refractivity contribution in [3.63, 3.8) is 0 Å². The molecule has 45 heavy (non-hydrogen) atoms. The maximum atomic E-state index is 15.4. The number of nitrogens with zero attached hydrogens (tertiary/aromatic N) is 6. The number of piperazine rings is 1. The molecule has 1 N–H and O–H groups in total. The first-order valence-corrected chi connectivity index (χ1v) is 14.5. The van der Waals surface area contributed by atoms with Crippen LogP contribution in [0, 0.1) is 35.7 Å². The minimum atomic E-state index is -1.82. The second-order valence-electron chi connectivity index (χ2n) is 10.7. The van der Waals surface area contributed by atoms with Crippen LogP contribution in [0.1, 0.15) is 36.6 Å². The molecule has 0 radical (unpaired) electrons. The van der Waals surface area contributed by atoms with E-state index >= 15 is 4.39 Å². The van der Waals surface area contributed by atoms with Crippen molar-refractivity contribution in [1.29, 1.82) is 5.26 Å². The molecule has 0 unspecified atom stereocenters. The van der Waals surface area contributed by atoms with E-state index in [2.05, 4.69) is 16.5 Å². The van der Waals surface area contributed by atoms with Gasteiger partial charge in [0.05, 0.1) is 33.3 Å². The zero-order chi connectivity index (χ0) is 32.9. The second kappa shape index (κ2) is 12.1. The van der Waals surface area contributed by atoms with Gasteiger partial charge in [0.25, 0.3) is 5.56 Å². The normalized spacial score (nSPS) is 13.4. The summed E-state index contributed by atoms with van der Waals surface area (Å²) < 4.78 is 45.3. The SMILES string of the molecule is C=CC(=O)N1CCN(c2c(C#N)c(=O)n(-c3c(C)ccnc3C(C)C)c3nc(-c4c(O)c(F)c(F)c(Cl)c4F)c(Cl)cc23)CC1. The first kappa shape index (κ1) is 31.8. The largest absolute Gasteiger partial charge is 0.504 e. The number of amides is 1. The number of aromatic nitrogens is 3. The Morgan fingerprint density at radius 3 is 2.40 bits per heavy atom. The number of aryl methyl sites for hydroxylation is 1. The van der Waals surface area contributed by atoms with Crippen LogP contribution < -0.4 is 10.5 Å². The summed E-state index contributed by atoms with van der Waals surface area (Å²) in [5.74, 6) is -7.04. The fraction of sp³-hybridized carbons (Fsp3) is 0.258. The molecule has 1 aromatic carbocycles. The molecule has 232 valence electrons. The van der Waals surface area contributed by atoms with Crippen molar-refractivity contribution >= 4 is 45.8 Å². The summed E-state index contributed by atoms with van der Waals surface area (Å²) in [5.41, 5.74) is -1.06. The lowest BCUT2D eigenvalue weighted by Gasteiger charge is -2.36. The van der Waals surface area contributed by atoms with Gasteiger partial charge in [0.2, 0.25) is 11.7 Å². The van der Waals surface area contributed by atoms with Crippen LogP contribution in [0.2, 0.25) is 10.0 Å². The number of nitriles is 1. The Bertz CT molecular complexity index is 1990. The molecule has 1 aliphatic heterocycles. The number of hydrogen-bond donors (Lipinski definition) is 1. The van der Waals surface area contributed by atoms with Gasteiger partial charge in [0, 0.05) is 37.8 Å². The Kier molecular flexibility index (Phi) is 8.53. The predicted molar refractivity (Wildman–Crippen MR) is 165 cm³/mol. The number of phenols is 1. The van der Waals surface area contributed by atoms with E-state index in [0.717, 1.165) is 4.57 Å². The van der Waals surface area contributed by atoms with Crippen molar-refractivity contribution in [2.45, 2.75) is 26.7 Å². The van der Waals surface area contributed by atoms with Gasteiger partial charge in [-0.2, -0.15) is 9.65 Å². The van der Waals surface area contributed by atoms with Crippen molar-refractivity contribution in [2.75, 3.05) is 31.1 Å². The van der Waals surface area contributed by atoms with Gasteiger partial charge in [-0.25, -0.2) is 13.8 Å². The summed E-state index contributed by atoms with van der Waals surface area (Å²) in [6.07, 6.45) is 2.76. The zero-order valence-corrected chi connectivity index (χ0v) is 25.8. The van der Waals surface area contributed by atoms with Crippen molar-refractivity contribution in [3.8, 4) is 28.8 Å². The van der Waals surface area contributed by atoms with Crippen molar-refractivity contribution in [3.05, 3.63) is 85.7 Å². The molecule has 1 saturated heterocycles. The maximum Gasteiger partial charge on any atom is 0.276 e. The standard InChI is InChI=1S/C31H25Cl2F3N6O3/c1-5-19(43)40-8-10-41(11-9-40)28-16-12-18(32)26(20-22(34)21(33)23(35)24(36)29(20)44)39-30(16)42(31(45)17(28)13-37)27-15(4)6-7-38-25(27)14(2)3/h5-7,12,14,44H,1,8-11H2,2-4H3. The van der Waals surface area contributed by atoms with E-state index in [1.807, 2.05) is 19.9 Å². The van der Waals surface area contributed by atoms with Crippen LogP contribution in [-0.4, -0.2) is 56.6 Å². The highest BCUT2D eigenvalue weighted by molar-refractivity contribution is 6.34. The third-order valence-corrected chi connectivity index (χ3v) is 8.29. The van der Waals surface area contributed by atoms with E-state index in [4.69, 9.17) is 23.2 Å². The van der Waals surface area contributed by atoms with E-state index in [0.29, 0.717) is 16.9 Å². The highest BCUT2D eigenvalue weighted by Gasteiger charge is 2.32. The highest BCUT2D eigenvalue weighted by Crippen LogP contribution is 2.44. The summed E-state index contributed by atoms with van der Waals surface area (Å²) in [4.78, 5) is 38.8. The molecule has 4 aromatic rings. The average Bonchev–Trinajstić information content (AvgIpc) is 3.02. The van der Waals surface area contributed by atoms with Gasteiger partial charge in [0.15, 0.2) is 17.4 Å². The molecule has 0 aliphatic carbocycles. The number of carbonyl (C=O) groups is 1. The predicted octanol–water partition coefficient (Wildman–Crippen LogP) is 6.02. The minimum Gasteiger partial charge on any atom is -0.504 e. The van der Waals surface area contributed by atoms with Crippen LogP contribution in [-0.2, 0) is 4.79 Å². The summed E-state index contributed by atoms with van der Waals surface area (Å²) in [6, 6.07) is 4.98. The molecule has 14 heteroatoms. The maximum absolute atomic E-state index is 15.4. The van der Waals surface area contributed by atoms with Gasteiger partial charge in [-0.3, -0.25) is 19.1 Å².